The zero-order valence-electron chi connectivity index (χ0n) is 35.0. The fourth-order valence-electron chi connectivity index (χ4n) is 8.72. The van der Waals surface area contributed by atoms with Crippen molar-refractivity contribution in [3.05, 3.63) is 47.6 Å². The van der Waals surface area contributed by atoms with Crippen molar-refractivity contribution in [1.82, 2.24) is 0 Å². The Morgan fingerprint density at radius 2 is 1.61 bits per heavy atom. The van der Waals surface area contributed by atoms with E-state index in [0.29, 0.717) is 37.2 Å². The highest BCUT2D eigenvalue weighted by molar-refractivity contribution is 6.74. The van der Waals surface area contributed by atoms with E-state index in [-0.39, 0.29) is 33.7 Å². The number of aliphatic hydroxyl groups excluding tert-OH is 1. The number of carbonyl (C=O) groups is 1. The summed E-state index contributed by atoms with van der Waals surface area (Å²) in [7, 11) is -3.98. The molecular formula is C44H76O5Si2. The maximum Gasteiger partial charge on any atom is 0.315 e. The van der Waals surface area contributed by atoms with Gasteiger partial charge in [0.05, 0.1) is 30.3 Å². The summed E-state index contributed by atoms with van der Waals surface area (Å²) in [6.07, 6.45) is 19.4. The second-order valence-corrected chi connectivity index (χ2v) is 29.7. The summed E-state index contributed by atoms with van der Waals surface area (Å²) in [5, 5.41) is 11.4. The third-order valence-corrected chi connectivity index (χ3v) is 23.5. The molecule has 0 aromatic heterocycles. The molecule has 290 valence electrons. The van der Waals surface area contributed by atoms with Crippen molar-refractivity contribution in [3.8, 4) is 0 Å². The lowest BCUT2D eigenvalue weighted by atomic mass is 9.61. The molecule has 0 spiro atoms. The van der Waals surface area contributed by atoms with Crippen molar-refractivity contribution >= 4 is 22.6 Å². The number of rotatable bonds is 13. The number of hydrogen-bond donors (Lipinski definition) is 1. The standard InChI is InChI=1S/C44H76O5Si2/c1-15-16-28-47-40(46)44(26-27-44)39(45)24-19-31(2)36-22-23-37-33(18-17-25-43(36,37)10)20-21-34-29-35(48-50(11,12)41(4,5)6)30-38(32(34)3)49-51(13,14)42(7,8)9/h19-21,24,31,35-39,45H,3,15-18,22-23,25-30H2,1-2,4-14H3/t31-,35-,36-,37+,38+,39-,43-/m1/s1. The highest BCUT2D eigenvalue weighted by atomic mass is 28.4. The second-order valence-electron chi connectivity index (χ2n) is 20.2. The van der Waals surface area contributed by atoms with Crippen LogP contribution in [0.15, 0.2) is 47.6 Å². The van der Waals surface area contributed by atoms with Gasteiger partial charge in [0.15, 0.2) is 16.6 Å². The van der Waals surface area contributed by atoms with E-state index in [0.717, 1.165) is 37.7 Å². The van der Waals surface area contributed by atoms with Crippen molar-refractivity contribution in [3.63, 3.8) is 0 Å². The van der Waals surface area contributed by atoms with Gasteiger partial charge in [-0.1, -0.05) is 105 Å². The molecule has 7 heteroatoms. The lowest BCUT2D eigenvalue weighted by Crippen LogP contribution is -2.49. The Morgan fingerprint density at radius 1 is 0.980 bits per heavy atom. The van der Waals surface area contributed by atoms with E-state index in [9.17, 15) is 9.90 Å². The van der Waals surface area contributed by atoms with E-state index in [1.165, 1.54) is 31.3 Å². The summed E-state index contributed by atoms with van der Waals surface area (Å²) in [6, 6.07) is 0. The second kappa shape index (κ2) is 15.8. The van der Waals surface area contributed by atoms with Crippen LogP contribution in [0.25, 0.3) is 0 Å². The molecule has 7 atom stereocenters. The monoisotopic (exact) mass is 741 g/mol. The highest BCUT2D eigenvalue weighted by Gasteiger charge is 2.56. The van der Waals surface area contributed by atoms with Crippen LogP contribution >= 0.6 is 0 Å². The Bertz CT molecular complexity index is 1340. The van der Waals surface area contributed by atoms with Crippen molar-refractivity contribution in [1.29, 1.82) is 0 Å². The first-order valence-electron chi connectivity index (χ1n) is 20.5. The average Bonchev–Trinajstić information content (AvgIpc) is 3.75. The van der Waals surface area contributed by atoms with Crippen LogP contribution in [0.2, 0.25) is 36.3 Å². The number of ether oxygens (including phenoxy) is 1. The fraction of sp³-hybridized carbons (Fsp3) is 0.795. The first-order chi connectivity index (χ1) is 23.5. The van der Waals surface area contributed by atoms with Gasteiger partial charge in [-0.3, -0.25) is 4.79 Å². The third kappa shape index (κ3) is 9.35. The Morgan fingerprint density at radius 3 is 2.20 bits per heavy atom. The SMILES string of the molecule is C=C1C(=CC=C2CCC[C@]3(C)[C@@H]([C@H](C)C=C[C@@H](O)C4(C(=O)OCCCC)CC4)CC[C@@H]23)C[C@@H](O[Si](C)(C)C(C)(C)C)C[C@@H]1O[Si](C)(C)C(C)(C)C. The minimum atomic E-state index is -2.02. The Labute approximate surface area is 315 Å². The largest absolute Gasteiger partial charge is 0.465 e. The predicted octanol–water partition coefficient (Wildman–Crippen LogP) is 11.9. The van der Waals surface area contributed by atoms with Crippen LogP contribution in [0.3, 0.4) is 0 Å². The van der Waals surface area contributed by atoms with Gasteiger partial charge in [0.1, 0.15) is 0 Å². The molecule has 0 heterocycles. The minimum Gasteiger partial charge on any atom is -0.465 e. The van der Waals surface area contributed by atoms with Gasteiger partial charge in [-0.25, -0.2) is 0 Å². The lowest BCUT2D eigenvalue weighted by Gasteiger charge is -2.45. The maximum atomic E-state index is 12.8. The molecule has 1 N–H and O–H groups in total. The molecule has 0 amide bonds. The molecule has 51 heavy (non-hydrogen) atoms. The zero-order chi connectivity index (χ0) is 38.2. The number of aliphatic hydroxyl groups is 1. The molecule has 4 fully saturated rings. The summed E-state index contributed by atoms with van der Waals surface area (Å²) in [5.74, 6) is 1.22. The van der Waals surface area contributed by atoms with Gasteiger partial charge in [0.2, 0.25) is 0 Å². The van der Waals surface area contributed by atoms with Gasteiger partial charge < -0.3 is 18.7 Å². The molecule has 4 saturated carbocycles. The number of allylic oxidation sites excluding steroid dienone is 4. The normalized spacial score (nSPS) is 31.6. The maximum absolute atomic E-state index is 12.8. The van der Waals surface area contributed by atoms with E-state index in [4.69, 9.17) is 13.6 Å². The van der Waals surface area contributed by atoms with Crippen LogP contribution < -0.4 is 0 Å². The average molecular weight is 741 g/mol. The first kappa shape index (κ1) is 42.5. The smallest absolute Gasteiger partial charge is 0.315 e. The number of hydrogen-bond acceptors (Lipinski definition) is 5. The van der Waals surface area contributed by atoms with Gasteiger partial charge in [-0.15, -0.1) is 0 Å². The quantitative estimate of drug-likeness (QED) is 0.0881. The van der Waals surface area contributed by atoms with E-state index in [1.54, 1.807) is 5.57 Å². The summed E-state index contributed by atoms with van der Waals surface area (Å²) >= 11 is 0. The molecule has 0 aromatic rings. The van der Waals surface area contributed by atoms with Crippen molar-refractivity contribution in [2.75, 3.05) is 6.61 Å². The van der Waals surface area contributed by atoms with Crippen LogP contribution in [0.5, 0.6) is 0 Å². The van der Waals surface area contributed by atoms with Gasteiger partial charge in [-0.05, 0) is 128 Å². The molecule has 0 bridgehead atoms. The van der Waals surface area contributed by atoms with Crippen LogP contribution in [0, 0.1) is 28.6 Å². The molecule has 0 unspecified atom stereocenters. The topological polar surface area (TPSA) is 65.0 Å². The zero-order valence-corrected chi connectivity index (χ0v) is 37.0. The van der Waals surface area contributed by atoms with Crippen molar-refractivity contribution in [2.45, 2.75) is 188 Å². The summed E-state index contributed by atoms with van der Waals surface area (Å²) in [4.78, 5) is 12.8. The van der Waals surface area contributed by atoms with Gasteiger partial charge in [-0.2, -0.15) is 0 Å². The molecule has 4 aliphatic carbocycles. The summed E-state index contributed by atoms with van der Waals surface area (Å²) in [5.41, 5.74) is 3.53. The summed E-state index contributed by atoms with van der Waals surface area (Å²) < 4.78 is 19.7. The number of esters is 1. The molecule has 0 radical (unpaired) electrons. The Kier molecular flexibility index (Phi) is 13.2. The van der Waals surface area contributed by atoms with Crippen molar-refractivity contribution < 1.29 is 23.5 Å². The predicted molar refractivity (Wildman–Crippen MR) is 219 cm³/mol. The molecule has 0 aliphatic heterocycles. The van der Waals surface area contributed by atoms with Crippen molar-refractivity contribution in [2.24, 2.45) is 28.6 Å². The third-order valence-electron chi connectivity index (χ3n) is 14.5. The number of unbranched alkanes of at least 4 members (excludes halogenated alkanes) is 1. The molecule has 5 nitrogen and oxygen atoms in total. The fourth-order valence-corrected chi connectivity index (χ4v) is 11.4. The summed E-state index contributed by atoms with van der Waals surface area (Å²) in [6.45, 7) is 35.4. The molecular weight excluding hydrogens is 665 g/mol. The van der Waals surface area contributed by atoms with E-state index in [1.807, 2.05) is 6.08 Å². The van der Waals surface area contributed by atoms with Gasteiger partial charge >= 0.3 is 5.97 Å². The number of carbonyl (C=O) groups excluding carboxylic acids is 1. The molecule has 4 aliphatic rings. The first-order valence-corrected chi connectivity index (χ1v) is 26.3. The van der Waals surface area contributed by atoms with E-state index >= 15 is 0 Å². The minimum absolute atomic E-state index is 0.0116. The van der Waals surface area contributed by atoms with Crippen LogP contribution in [0.1, 0.15) is 133 Å². The molecule has 0 aromatic carbocycles. The van der Waals surface area contributed by atoms with Gasteiger partial charge in [0, 0.05) is 6.42 Å². The number of fused-ring (bicyclic) bond motifs is 1. The molecule has 4 rings (SSSR count). The van der Waals surface area contributed by atoms with E-state index in [2.05, 4.69) is 113 Å². The molecule has 0 saturated heterocycles. The van der Waals surface area contributed by atoms with Crippen LogP contribution in [-0.4, -0.2) is 52.6 Å². The van der Waals surface area contributed by atoms with Crippen LogP contribution in [0.4, 0.5) is 0 Å². The lowest BCUT2D eigenvalue weighted by molar-refractivity contribution is -0.153. The highest BCUT2D eigenvalue weighted by Crippen LogP contribution is 2.60. The Hall–Kier alpha value is -1.26. The Balaban J connectivity index is 1.52. The van der Waals surface area contributed by atoms with E-state index < -0.39 is 28.2 Å². The van der Waals surface area contributed by atoms with Gasteiger partial charge in [0.25, 0.3) is 0 Å². The van der Waals surface area contributed by atoms with Crippen LogP contribution in [-0.2, 0) is 18.4 Å².